The number of rotatable bonds is 2. The summed E-state index contributed by atoms with van der Waals surface area (Å²) in [5.41, 5.74) is 0. The Morgan fingerprint density at radius 2 is 2.20 bits per heavy atom. The second-order valence-electron chi connectivity index (χ2n) is 4.81. The quantitative estimate of drug-likeness (QED) is 0.749. The zero-order valence-corrected chi connectivity index (χ0v) is 9.50. The van der Waals surface area contributed by atoms with E-state index in [9.17, 15) is 4.79 Å². The maximum absolute atomic E-state index is 12.2. The van der Waals surface area contributed by atoms with Crippen molar-refractivity contribution in [3.05, 3.63) is 0 Å². The van der Waals surface area contributed by atoms with E-state index in [0.717, 1.165) is 38.8 Å². The average Bonchev–Trinajstić information content (AvgIpc) is 2.30. The molecule has 2 heterocycles. The molecule has 0 bridgehead atoms. The molecule has 2 saturated heterocycles. The van der Waals surface area contributed by atoms with Crippen LogP contribution in [0.5, 0.6) is 0 Å². The highest BCUT2D eigenvalue weighted by molar-refractivity contribution is 5.84. The van der Waals surface area contributed by atoms with Gasteiger partial charge < -0.3 is 10.1 Å². The molecule has 86 valence electrons. The molecule has 2 aliphatic rings. The van der Waals surface area contributed by atoms with Crippen LogP contribution >= 0.6 is 0 Å². The number of carbonyl (C=O) groups is 1. The topological polar surface area (TPSA) is 38.3 Å². The lowest BCUT2D eigenvalue weighted by Gasteiger charge is -2.32. The summed E-state index contributed by atoms with van der Waals surface area (Å²) in [5, 5.41) is 3.39. The monoisotopic (exact) mass is 211 g/mol. The van der Waals surface area contributed by atoms with Crippen LogP contribution in [0.1, 0.15) is 32.6 Å². The third-order valence-electron chi connectivity index (χ3n) is 3.69. The molecule has 2 fully saturated rings. The van der Waals surface area contributed by atoms with E-state index >= 15 is 0 Å². The number of ketones is 1. The Labute approximate surface area is 91.6 Å². The van der Waals surface area contributed by atoms with Crippen LogP contribution in [0.3, 0.4) is 0 Å². The van der Waals surface area contributed by atoms with Crippen molar-refractivity contribution in [1.29, 1.82) is 0 Å². The van der Waals surface area contributed by atoms with Gasteiger partial charge in [-0.15, -0.1) is 0 Å². The molecule has 2 rings (SSSR count). The molecule has 0 aromatic carbocycles. The van der Waals surface area contributed by atoms with Crippen LogP contribution in [0, 0.1) is 11.8 Å². The number of nitrogens with one attached hydrogen (secondary N) is 1. The van der Waals surface area contributed by atoms with Gasteiger partial charge >= 0.3 is 0 Å². The van der Waals surface area contributed by atoms with Gasteiger partial charge in [-0.05, 0) is 39.2 Å². The third kappa shape index (κ3) is 2.58. The maximum Gasteiger partial charge on any atom is 0.142 e. The van der Waals surface area contributed by atoms with Crippen molar-refractivity contribution < 1.29 is 9.53 Å². The van der Waals surface area contributed by atoms with Crippen molar-refractivity contribution >= 4 is 5.78 Å². The molecule has 0 saturated carbocycles. The summed E-state index contributed by atoms with van der Waals surface area (Å²) in [5.74, 6) is 0.839. The molecule has 0 radical (unpaired) electrons. The minimum atomic E-state index is 0.172. The van der Waals surface area contributed by atoms with Crippen LogP contribution in [0.25, 0.3) is 0 Å². The standard InChI is InChI=1S/C12H21NO2/c1-9-11(5-2-6-13-9)12(14)10-4-3-7-15-8-10/h9-11,13H,2-8H2,1H3. The molecule has 0 amide bonds. The van der Waals surface area contributed by atoms with Crippen LogP contribution in [0.15, 0.2) is 0 Å². The molecular formula is C12H21NO2. The molecule has 3 unspecified atom stereocenters. The maximum atomic E-state index is 12.2. The Hall–Kier alpha value is -0.410. The smallest absolute Gasteiger partial charge is 0.142 e. The highest BCUT2D eigenvalue weighted by atomic mass is 16.5. The molecule has 3 atom stereocenters. The first-order valence-corrected chi connectivity index (χ1v) is 6.14. The zero-order chi connectivity index (χ0) is 10.7. The molecular weight excluding hydrogens is 190 g/mol. The molecule has 0 aromatic rings. The van der Waals surface area contributed by atoms with Gasteiger partial charge in [0, 0.05) is 24.5 Å². The van der Waals surface area contributed by atoms with Gasteiger partial charge in [0.2, 0.25) is 0 Å². The molecule has 15 heavy (non-hydrogen) atoms. The second kappa shape index (κ2) is 5.08. The fourth-order valence-electron chi connectivity index (χ4n) is 2.70. The molecule has 0 spiro atoms. The first kappa shape index (κ1) is 11.1. The van der Waals surface area contributed by atoms with E-state index in [1.807, 2.05) is 0 Å². The number of carbonyl (C=O) groups excluding carboxylic acids is 1. The first-order valence-electron chi connectivity index (χ1n) is 6.14. The lowest BCUT2D eigenvalue weighted by atomic mass is 9.81. The Bertz CT molecular complexity index is 224. The number of Topliss-reactive ketones (excluding diaryl/α,β-unsaturated/α-hetero) is 1. The van der Waals surface area contributed by atoms with E-state index in [0.29, 0.717) is 18.4 Å². The molecule has 3 nitrogen and oxygen atoms in total. The molecule has 0 aromatic heterocycles. The van der Waals surface area contributed by atoms with E-state index in [-0.39, 0.29) is 11.8 Å². The normalized spacial score (nSPS) is 37.5. The van der Waals surface area contributed by atoms with Crippen molar-refractivity contribution in [1.82, 2.24) is 5.32 Å². The van der Waals surface area contributed by atoms with E-state index in [4.69, 9.17) is 4.74 Å². The van der Waals surface area contributed by atoms with Crippen LogP contribution in [0.4, 0.5) is 0 Å². The second-order valence-corrected chi connectivity index (χ2v) is 4.81. The van der Waals surface area contributed by atoms with Crippen molar-refractivity contribution in [3.63, 3.8) is 0 Å². The predicted molar refractivity (Wildman–Crippen MR) is 58.7 cm³/mol. The minimum absolute atomic E-state index is 0.172. The number of hydrogen-bond donors (Lipinski definition) is 1. The molecule has 1 N–H and O–H groups in total. The Kier molecular flexibility index (Phi) is 3.76. The molecule has 2 aliphatic heterocycles. The van der Waals surface area contributed by atoms with E-state index < -0.39 is 0 Å². The summed E-state index contributed by atoms with van der Waals surface area (Å²) in [6.07, 6.45) is 4.27. The fraction of sp³-hybridized carbons (Fsp3) is 0.917. The Morgan fingerprint density at radius 3 is 2.87 bits per heavy atom. The average molecular weight is 211 g/mol. The van der Waals surface area contributed by atoms with E-state index in [1.54, 1.807) is 0 Å². The van der Waals surface area contributed by atoms with Crippen molar-refractivity contribution in [3.8, 4) is 0 Å². The van der Waals surface area contributed by atoms with Crippen molar-refractivity contribution in [2.24, 2.45) is 11.8 Å². The highest BCUT2D eigenvalue weighted by Crippen LogP contribution is 2.25. The van der Waals surface area contributed by atoms with Gasteiger partial charge in [0.15, 0.2) is 0 Å². The summed E-state index contributed by atoms with van der Waals surface area (Å²) in [4.78, 5) is 12.2. The molecule has 3 heteroatoms. The third-order valence-corrected chi connectivity index (χ3v) is 3.69. The number of ether oxygens (including phenoxy) is 1. The lowest BCUT2D eigenvalue weighted by molar-refractivity contribution is -0.132. The van der Waals surface area contributed by atoms with Gasteiger partial charge in [-0.3, -0.25) is 4.79 Å². The zero-order valence-electron chi connectivity index (χ0n) is 9.50. The molecule has 0 aliphatic carbocycles. The summed E-state index contributed by atoms with van der Waals surface area (Å²) >= 11 is 0. The van der Waals surface area contributed by atoms with Crippen molar-refractivity contribution in [2.45, 2.75) is 38.6 Å². The van der Waals surface area contributed by atoms with Gasteiger partial charge in [-0.25, -0.2) is 0 Å². The van der Waals surface area contributed by atoms with Crippen LogP contribution in [0.2, 0.25) is 0 Å². The summed E-state index contributed by atoms with van der Waals surface area (Å²) in [6.45, 7) is 4.68. The Balaban J connectivity index is 1.92. The largest absolute Gasteiger partial charge is 0.381 e. The summed E-state index contributed by atoms with van der Waals surface area (Å²) < 4.78 is 5.39. The fourth-order valence-corrected chi connectivity index (χ4v) is 2.70. The lowest BCUT2D eigenvalue weighted by Crippen LogP contribution is -2.45. The minimum Gasteiger partial charge on any atom is -0.381 e. The number of piperidine rings is 1. The van der Waals surface area contributed by atoms with Gasteiger partial charge in [0.1, 0.15) is 5.78 Å². The van der Waals surface area contributed by atoms with Gasteiger partial charge in [-0.2, -0.15) is 0 Å². The summed E-state index contributed by atoms with van der Waals surface area (Å²) in [7, 11) is 0. The summed E-state index contributed by atoms with van der Waals surface area (Å²) in [6, 6.07) is 0.355. The van der Waals surface area contributed by atoms with Gasteiger partial charge in [0.05, 0.1) is 6.61 Å². The highest BCUT2D eigenvalue weighted by Gasteiger charge is 2.33. The van der Waals surface area contributed by atoms with Crippen LogP contribution < -0.4 is 5.32 Å². The number of hydrogen-bond acceptors (Lipinski definition) is 3. The van der Waals surface area contributed by atoms with Crippen molar-refractivity contribution in [2.75, 3.05) is 19.8 Å². The van der Waals surface area contributed by atoms with Crippen LogP contribution in [-0.4, -0.2) is 31.6 Å². The van der Waals surface area contributed by atoms with Gasteiger partial charge in [0.25, 0.3) is 0 Å². The van der Waals surface area contributed by atoms with Crippen LogP contribution in [-0.2, 0) is 9.53 Å². The Morgan fingerprint density at radius 1 is 1.33 bits per heavy atom. The van der Waals surface area contributed by atoms with E-state index in [1.165, 1.54) is 0 Å². The van der Waals surface area contributed by atoms with Gasteiger partial charge in [-0.1, -0.05) is 0 Å². The van der Waals surface area contributed by atoms with E-state index in [2.05, 4.69) is 12.2 Å². The predicted octanol–water partition coefficient (Wildman–Crippen LogP) is 1.37. The first-order chi connectivity index (χ1) is 7.29. The SMILES string of the molecule is CC1NCCCC1C(=O)C1CCCOC1.